The van der Waals surface area contributed by atoms with E-state index in [1.54, 1.807) is 0 Å². The van der Waals surface area contributed by atoms with E-state index in [1.807, 2.05) is 34.9 Å². The second-order valence-corrected chi connectivity index (χ2v) is 7.28. The number of thiocarbonyl (C=S) groups is 2. The molecule has 0 spiro atoms. The molecule has 1 atom stereocenters. The molecule has 1 amide bonds. The van der Waals surface area contributed by atoms with Gasteiger partial charge in [0.2, 0.25) is 5.91 Å². The molecule has 1 aromatic carbocycles. The zero-order valence-electron chi connectivity index (χ0n) is 12.0. The van der Waals surface area contributed by atoms with Gasteiger partial charge in [0.05, 0.1) is 23.3 Å². The van der Waals surface area contributed by atoms with Gasteiger partial charge >= 0.3 is 0 Å². The zero-order valence-corrected chi connectivity index (χ0v) is 14.5. The summed E-state index contributed by atoms with van der Waals surface area (Å²) >= 11 is 12.4. The first-order valence-corrected chi connectivity index (χ1v) is 8.67. The molecule has 1 fully saturated rings. The number of benzene rings is 1. The summed E-state index contributed by atoms with van der Waals surface area (Å²) in [7, 11) is 0. The molecule has 1 unspecified atom stereocenters. The molecule has 0 aromatic heterocycles. The normalized spacial score (nSPS) is 19.7. The lowest BCUT2D eigenvalue weighted by Gasteiger charge is -2.32. The van der Waals surface area contributed by atoms with Crippen LogP contribution >= 0.6 is 36.2 Å². The van der Waals surface area contributed by atoms with Gasteiger partial charge in [-0.05, 0) is 30.4 Å². The first-order valence-electron chi connectivity index (χ1n) is 6.86. The van der Waals surface area contributed by atoms with Crippen LogP contribution in [0.4, 0.5) is 11.4 Å². The molecule has 0 radical (unpaired) electrons. The van der Waals surface area contributed by atoms with Crippen molar-refractivity contribution in [2.75, 3.05) is 29.1 Å². The third-order valence-corrected chi connectivity index (χ3v) is 5.38. The van der Waals surface area contributed by atoms with Crippen molar-refractivity contribution in [1.82, 2.24) is 4.90 Å². The fraction of sp³-hybridized carbons (Fsp3) is 0.357. The van der Waals surface area contributed by atoms with Gasteiger partial charge in [0.25, 0.3) is 0 Å². The SMILES string of the molecule is CC(=O)Nc1ccc2c(c1)N1C(=S)N(CC(N)=S)CC1CS2. The van der Waals surface area contributed by atoms with E-state index >= 15 is 0 Å². The minimum absolute atomic E-state index is 0.0842. The highest BCUT2D eigenvalue weighted by molar-refractivity contribution is 7.99. The minimum atomic E-state index is -0.0842. The molecule has 1 aromatic rings. The number of amides is 1. The summed E-state index contributed by atoms with van der Waals surface area (Å²) in [5.41, 5.74) is 7.48. The van der Waals surface area contributed by atoms with Crippen LogP contribution in [-0.2, 0) is 4.79 Å². The Morgan fingerprint density at radius 3 is 3.00 bits per heavy atom. The van der Waals surface area contributed by atoms with Crippen molar-refractivity contribution in [3.05, 3.63) is 18.2 Å². The second kappa shape index (κ2) is 6.02. The van der Waals surface area contributed by atoms with Gasteiger partial charge in [-0.15, -0.1) is 11.8 Å². The molecule has 0 saturated carbocycles. The van der Waals surface area contributed by atoms with Gasteiger partial charge in [-0.25, -0.2) is 0 Å². The molecule has 3 N–H and O–H groups in total. The summed E-state index contributed by atoms with van der Waals surface area (Å²) < 4.78 is 0. The van der Waals surface area contributed by atoms with Gasteiger partial charge in [-0.3, -0.25) is 4.79 Å². The number of fused-ring (bicyclic) bond motifs is 3. The molecule has 0 bridgehead atoms. The Hall–Kier alpha value is -1.38. The Balaban J connectivity index is 1.92. The molecular weight excluding hydrogens is 336 g/mol. The van der Waals surface area contributed by atoms with Gasteiger partial charge in [-0.2, -0.15) is 0 Å². The molecular formula is C14H16N4OS3. The van der Waals surface area contributed by atoms with Crippen LogP contribution in [0.3, 0.4) is 0 Å². The summed E-state index contributed by atoms with van der Waals surface area (Å²) in [6.45, 7) is 2.83. The van der Waals surface area contributed by atoms with Crippen molar-refractivity contribution < 1.29 is 4.79 Å². The van der Waals surface area contributed by atoms with Crippen LogP contribution in [0.2, 0.25) is 0 Å². The third kappa shape index (κ3) is 2.90. The standard InChI is InChI=1S/C14H16N4OS3/c1-8(19)16-9-2-3-12-11(4-9)18-10(7-22-12)5-17(14(18)21)6-13(15)20/h2-4,10H,5-7H2,1H3,(H2,15,20)(H,16,19). The molecule has 0 aliphatic carbocycles. The van der Waals surface area contributed by atoms with Crippen molar-refractivity contribution in [3.63, 3.8) is 0 Å². The number of hydrogen-bond donors (Lipinski definition) is 2. The molecule has 5 nitrogen and oxygen atoms in total. The predicted octanol–water partition coefficient (Wildman–Crippen LogP) is 1.81. The smallest absolute Gasteiger partial charge is 0.221 e. The monoisotopic (exact) mass is 352 g/mol. The van der Waals surface area contributed by atoms with E-state index in [2.05, 4.69) is 10.2 Å². The van der Waals surface area contributed by atoms with E-state index in [4.69, 9.17) is 30.2 Å². The number of nitrogens with one attached hydrogen (secondary N) is 1. The number of carbonyl (C=O) groups excluding carboxylic acids is 1. The predicted molar refractivity (Wildman–Crippen MR) is 98.7 cm³/mol. The average Bonchev–Trinajstić information content (AvgIpc) is 2.74. The first-order chi connectivity index (χ1) is 10.5. The van der Waals surface area contributed by atoms with Crippen molar-refractivity contribution in [2.45, 2.75) is 17.9 Å². The van der Waals surface area contributed by atoms with Crippen molar-refractivity contribution in [1.29, 1.82) is 0 Å². The van der Waals surface area contributed by atoms with Gasteiger partial charge < -0.3 is 20.9 Å². The Morgan fingerprint density at radius 2 is 2.32 bits per heavy atom. The van der Waals surface area contributed by atoms with E-state index < -0.39 is 0 Å². The van der Waals surface area contributed by atoms with Crippen LogP contribution < -0.4 is 16.0 Å². The maximum absolute atomic E-state index is 11.3. The average molecular weight is 353 g/mol. The van der Waals surface area contributed by atoms with Crippen LogP contribution in [0.25, 0.3) is 0 Å². The number of anilines is 2. The van der Waals surface area contributed by atoms with Gasteiger partial charge in [0.1, 0.15) is 0 Å². The molecule has 2 heterocycles. The molecule has 1 saturated heterocycles. The number of nitrogens with zero attached hydrogens (tertiary/aromatic N) is 2. The number of thioether (sulfide) groups is 1. The highest BCUT2D eigenvalue weighted by Crippen LogP contribution is 2.42. The lowest BCUT2D eigenvalue weighted by atomic mass is 10.2. The molecule has 116 valence electrons. The molecule has 2 aliphatic heterocycles. The molecule has 22 heavy (non-hydrogen) atoms. The number of hydrogen-bond acceptors (Lipinski definition) is 4. The van der Waals surface area contributed by atoms with Crippen molar-refractivity contribution in [3.8, 4) is 0 Å². The second-order valence-electron chi connectivity index (χ2n) is 5.33. The lowest BCUT2D eigenvalue weighted by Crippen LogP contribution is -2.39. The zero-order chi connectivity index (χ0) is 15.9. The quantitative estimate of drug-likeness (QED) is 0.805. The summed E-state index contributed by atoms with van der Waals surface area (Å²) in [4.78, 5) is 17.1. The van der Waals surface area contributed by atoms with Crippen LogP contribution in [0.1, 0.15) is 6.92 Å². The largest absolute Gasteiger partial charge is 0.392 e. The number of carbonyl (C=O) groups is 1. The fourth-order valence-corrected chi connectivity index (χ4v) is 4.40. The summed E-state index contributed by atoms with van der Waals surface area (Å²) in [6.07, 6.45) is 0. The summed E-state index contributed by atoms with van der Waals surface area (Å²) in [5.74, 6) is 0.888. The topological polar surface area (TPSA) is 61.6 Å². The number of rotatable bonds is 3. The highest BCUT2D eigenvalue weighted by Gasteiger charge is 2.39. The van der Waals surface area contributed by atoms with Crippen LogP contribution in [0.5, 0.6) is 0 Å². The molecule has 2 aliphatic rings. The van der Waals surface area contributed by atoms with Crippen LogP contribution in [-0.4, -0.2) is 45.8 Å². The minimum Gasteiger partial charge on any atom is -0.392 e. The Labute approximate surface area is 144 Å². The molecule has 3 rings (SSSR count). The van der Waals surface area contributed by atoms with Gasteiger partial charge in [0.15, 0.2) is 5.11 Å². The summed E-state index contributed by atoms with van der Waals surface area (Å²) in [6, 6.07) is 6.23. The van der Waals surface area contributed by atoms with Crippen molar-refractivity contribution in [2.24, 2.45) is 5.73 Å². The van der Waals surface area contributed by atoms with E-state index in [0.29, 0.717) is 17.6 Å². The van der Waals surface area contributed by atoms with E-state index in [1.165, 1.54) is 11.8 Å². The van der Waals surface area contributed by atoms with Gasteiger partial charge in [-0.1, -0.05) is 12.2 Å². The van der Waals surface area contributed by atoms with Crippen LogP contribution in [0.15, 0.2) is 23.1 Å². The summed E-state index contributed by atoms with van der Waals surface area (Å²) in [5, 5.41) is 3.57. The maximum atomic E-state index is 11.3. The highest BCUT2D eigenvalue weighted by atomic mass is 32.2. The number of nitrogens with two attached hydrogens (primary N) is 1. The van der Waals surface area contributed by atoms with E-state index in [9.17, 15) is 4.79 Å². The Morgan fingerprint density at radius 1 is 1.55 bits per heavy atom. The lowest BCUT2D eigenvalue weighted by molar-refractivity contribution is -0.114. The van der Waals surface area contributed by atoms with E-state index in [0.717, 1.165) is 28.8 Å². The third-order valence-electron chi connectivity index (χ3n) is 3.59. The fourth-order valence-electron chi connectivity index (χ4n) is 2.76. The first kappa shape index (κ1) is 15.5. The molecule has 8 heteroatoms. The van der Waals surface area contributed by atoms with Crippen molar-refractivity contribution >= 4 is 63.6 Å². The Kier molecular flexibility index (Phi) is 4.24. The van der Waals surface area contributed by atoms with E-state index in [-0.39, 0.29) is 5.91 Å². The van der Waals surface area contributed by atoms with Gasteiger partial charge in [0, 0.05) is 29.8 Å². The maximum Gasteiger partial charge on any atom is 0.221 e. The Bertz CT molecular complexity index is 663. The van der Waals surface area contributed by atoms with Crippen LogP contribution in [0, 0.1) is 0 Å².